The van der Waals surface area contributed by atoms with Crippen molar-refractivity contribution in [2.75, 3.05) is 5.73 Å². The number of nitrogen functional groups attached to an aromatic ring is 1. The molecule has 0 bridgehead atoms. The highest BCUT2D eigenvalue weighted by atomic mass is 16.2. The van der Waals surface area contributed by atoms with E-state index in [0.717, 1.165) is 5.56 Å². The van der Waals surface area contributed by atoms with Gasteiger partial charge in [0.25, 0.3) is 0 Å². The first-order valence-electron chi connectivity index (χ1n) is 6.22. The van der Waals surface area contributed by atoms with Gasteiger partial charge in [0.15, 0.2) is 0 Å². The van der Waals surface area contributed by atoms with Crippen molar-refractivity contribution in [1.82, 2.24) is 15.1 Å². The molecule has 0 aliphatic heterocycles. The van der Waals surface area contributed by atoms with E-state index in [4.69, 9.17) is 5.73 Å². The summed E-state index contributed by atoms with van der Waals surface area (Å²) in [6.07, 6.45) is 5.48. The molecule has 0 spiro atoms. The van der Waals surface area contributed by atoms with E-state index < -0.39 is 0 Å². The van der Waals surface area contributed by atoms with E-state index in [2.05, 4.69) is 10.4 Å². The Morgan fingerprint density at radius 3 is 2.88 bits per heavy atom. The van der Waals surface area contributed by atoms with Crippen LogP contribution in [0.15, 0.2) is 6.20 Å². The van der Waals surface area contributed by atoms with Gasteiger partial charge in [0, 0.05) is 25.1 Å². The molecule has 2 aliphatic rings. The molecule has 1 amide bonds. The number of rotatable bonds is 3. The number of amides is 1. The van der Waals surface area contributed by atoms with Crippen LogP contribution < -0.4 is 11.1 Å². The summed E-state index contributed by atoms with van der Waals surface area (Å²) < 4.78 is 1.62. The van der Waals surface area contributed by atoms with Crippen LogP contribution in [0.1, 0.15) is 24.8 Å². The summed E-state index contributed by atoms with van der Waals surface area (Å²) in [6, 6.07) is 0. The third-order valence-electron chi connectivity index (χ3n) is 4.23. The third kappa shape index (κ3) is 1.69. The Hall–Kier alpha value is -1.52. The maximum absolute atomic E-state index is 11.9. The van der Waals surface area contributed by atoms with Gasteiger partial charge in [0.05, 0.1) is 6.20 Å². The molecular weight excluding hydrogens is 216 g/mol. The number of aromatic nitrogens is 2. The molecule has 92 valence electrons. The van der Waals surface area contributed by atoms with Crippen molar-refractivity contribution in [3.05, 3.63) is 11.8 Å². The number of hydrogen-bond donors (Lipinski definition) is 2. The lowest BCUT2D eigenvalue weighted by molar-refractivity contribution is -0.123. The highest BCUT2D eigenvalue weighted by Gasteiger charge is 2.56. The van der Waals surface area contributed by atoms with Crippen LogP contribution in [0.3, 0.4) is 0 Å². The molecule has 0 aromatic carbocycles. The molecule has 1 aromatic rings. The van der Waals surface area contributed by atoms with Crippen molar-refractivity contribution in [2.24, 2.45) is 24.8 Å². The molecule has 1 heterocycles. The molecule has 0 radical (unpaired) electrons. The van der Waals surface area contributed by atoms with Gasteiger partial charge in [-0.1, -0.05) is 6.42 Å². The van der Waals surface area contributed by atoms with Crippen molar-refractivity contribution in [2.45, 2.75) is 25.8 Å². The second-order valence-corrected chi connectivity index (χ2v) is 5.18. The van der Waals surface area contributed by atoms with Gasteiger partial charge in [-0.2, -0.15) is 5.10 Å². The molecule has 2 atom stereocenters. The van der Waals surface area contributed by atoms with Gasteiger partial charge in [-0.25, -0.2) is 0 Å². The summed E-state index contributed by atoms with van der Waals surface area (Å²) in [4.78, 5) is 11.9. The van der Waals surface area contributed by atoms with Gasteiger partial charge in [-0.15, -0.1) is 0 Å². The lowest BCUT2D eigenvalue weighted by atomic mass is 10.1. The number of aryl methyl sites for hydroxylation is 1. The van der Waals surface area contributed by atoms with Crippen LogP contribution in [0.5, 0.6) is 0 Å². The SMILES string of the molecule is Cn1ncc(CNC(=O)C2C3CCCC32)c1N. The smallest absolute Gasteiger partial charge is 0.223 e. The van der Waals surface area contributed by atoms with Gasteiger partial charge in [0.2, 0.25) is 5.91 Å². The van der Waals surface area contributed by atoms with E-state index in [1.165, 1.54) is 19.3 Å². The molecule has 2 saturated carbocycles. The predicted octanol–water partition coefficient (Wildman–Crippen LogP) is 0.665. The summed E-state index contributed by atoms with van der Waals surface area (Å²) in [5, 5.41) is 7.02. The highest BCUT2D eigenvalue weighted by molar-refractivity contribution is 5.82. The minimum atomic E-state index is 0.197. The predicted molar refractivity (Wildman–Crippen MR) is 63.8 cm³/mol. The van der Waals surface area contributed by atoms with Crippen LogP contribution in [0.2, 0.25) is 0 Å². The average Bonchev–Trinajstić information content (AvgIpc) is 2.66. The molecule has 2 fully saturated rings. The minimum Gasteiger partial charge on any atom is -0.384 e. The molecule has 2 unspecified atom stereocenters. The maximum atomic E-state index is 11.9. The fraction of sp³-hybridized carbons (Fsp3) is 0.667. The lowest BCUT2D eigenvalue weighted by Gasteiger charge is -2.06. The second kappa shape index (κ2) is 3.75. The van der Waals surface area contributed by atoms with E-state index in [9.17, 15) is 4.79 Å². The Labute approximate surface area is 100 Å². The number of nitrogens with zero attached hydrogens (tertiary/aromatic N) is 2. The summed E-state index contributed by atoms with van der Waals surface area (Å²) in [5.41, 5.74) is 6.72. The van der Waals surface area contributed by atoms with E-state index >= 15 is 0 Å². The largest absolute Gasteiger partial charge is 0.384 e. The first kappa shape index (κ1) is 10.6. The average molecular weight is 234 g/mol. The maximum Gasteiger partial charge on any atom is 0.223 e. The van der Waals surface area contributed by atoms with Gasteiger partial charge in [-0.3, -0.25) is 9.48 Å². The fourth-order valence-electron chi connectivity index (χ4n) is 3.14. The normalized spacial score (nSPS) is 30.1. The second-order valence-electron chi connectivity index (χ2n) is 5.18. The van der Waals surface area contributed by atoms with Gasteiger partial charge < -0.3 is 11.1 Å². The van der Waals surface area contributed by atoms with Gasteiger partial charge >= 0.3 is 0 Å². The Balaban J connectivity index is 1.55. The van der Waals surface area contributed by atoms with Crippen LogP contribution >= 0.6 is 0 Å². The van der Waals surface area contributed by atoms with Crippen LogP contribution in [0.25, 0.3) is 0 Å². The molecule has 0 saturated heterocycles. The fourth-order valence-corrected chi connectivity index (χ4v) is 3.14. The zero-order chi connectivity index (χ0) is 12.0. The van der Waals surface area contributed by atoms with Crippen LogP contribution in [0.4, 0.5) is 5.82 Å². The Bertz CT molecular complexity index is 443. The Morgan fingerprint density at radius 2 is 2.29 bits per heavy atom. The first-order valence-corrected chi connectivity index (χ1v) is 6.22. The van der Waals surface area contributed by atoms with E-state index in [1.54, 1.807) is 17.9 Å². The molecule has 3 rings (SSSR count). The van der Waals surface area contributed by atoms with Crippen molar-refractivity contribution in [3.63, 3.8) is 0 Å². The Morgan fingerprint density at radius 1 is 1.59 bits per heavy atom. The number of hydrogen-bond acceptors (Lipinski definition) is 3. The third-order valence-corrected chi connectivity index (χ3v) is 4.23. The van der Waals surface area contributed by atoms with Crippen LogP contribution in [-0.4, -0.2) is 15.7 Å². The molecule has 5 nitrogen and oxygen atoms in total. The molecule has 1 aromatic heterocycles. The summed E-state index contributed by atoms with van der Waals surface area (Å²) in [6.45, 7) is 0.494. The standard InChI is InChI=1S/C12H18N4O/c1-16-11(13)7(6-15-16)5-14-12(17)10-8-3-2-4-9(8)10/h6,8-10H,2-5,13H2,1H3,(H,14,17). The number of nitrogens with one attached hydrogen (secondary N) is 1. The highest BCUT2D eigenvalue weighted by Crippen LogP contribution is 2.57. The number of carbonyl (C=O) groups is 1. The Kier molecular flexibility index (Phi) is 2.34. The molecule has 2 aliphatic carbocycles. The molecule has 17 heavy (non-hydrogen) atoms. The zero-order valence-corrected chi connectivity index (χ0v) is 10.0. The van der Waals surface area contributed by atoms with Crippen molar-refractivity contribution in [1.29, 1.82) is 0 Å². The molecule has 3 N–H and O–H groups in total. The van der Waals surface area contributed by atoms with Crippen molar-refractivity contribution >= 4 is 11.7 Å². The molecule has 5 heteroatoms. The van der Waals surface area contributed by atoms with Crippen molar-refractivity contribution in [3.8, 4) is 0 Å². The van der Waals surface area contributed by atoms with Crippen LogP contribution in [0, 0.1) is 17.8 Å². The van der Waals surface area contributed by atoms with E-state index in [1.807, 2.05) is 0 Å². The summed E-state index contributed by atoms with van der Waals surface area (Å²) in [5.74, 6) is 2.44. The molecular formula is C12H18N4O. The number of nitrogens with two attached hydrogens (primary N) is 1. The lowest BCUT2D eigenvalue weighted by Crippen LogP contribution is -2.26. The number of anilines is 1. The van der Waals surface area contributed by atoms with Gasteiger partial charge in [-0.05, 0) is 24.7 Å². The van der Waals surface area contributed by atoms with Crippen LogP contribution in [-0.2, 0) is 18.4 Å². The number of carbonyl (C=O) groups excluding carboxylic acids is 1. The zero-order valence-electron chi connectivity index (χ0n) is 10.0. The summed E-state index contributed by atoms with van der Waals surface area (Å²) >= 11 is 0. The van der Waals surface area contributed by atoms with E-state index in [0.29, 0.717) is 24.2 Å². The summed E-state index contributed by atoms with van der Waals surface area (Å²) in [7, 11) is 1.80. The topological polar surface area (TPSA) is 72.9 Å². The quantitative estimate of drug-likeness (QED) is 0.807. The van der Waals surface area contributed by atoms with Gasteiger partial charge in [0.1, 0.15) is 5.82 Å². The minimum absolute atomic E-state index is 0.197. The first-order chi connectivity index (χ1) is 8.18. The number of fused-ring (bicyclic) bond motifs is 1. The van der Waals surface area contributed by atoms with E-state index in [-0.39, 0.29) is 11.8 Å². The monoisotopic (exact) mass is 234 g/mol. The van der Waals surface area contributed by atoms with Crippen molar-refractivity contribution < 1.29 is 4.79 Å².